The van der Waals surface area contributed by atoms with Gasteiger partial charge in [-0.1, -0.05) is 43.9 Å². The van der Waals surface area contributed by atoms with Gasteiger partial charge in [0.15, 0.2) is 0 Å². The van der Waals surface area contributed by atoms with Gasteiger partial charge in [0.1, 0.15) is 0 Å². The molecule has 2 N–H and O–H groups in total. The van der Waals surface area contributed by atoms with Crippen LogP contribution in [0.15, 0.2) is 24.3 Å². The van der Waals surface area contributed by atoms with E-state index in [-0.39, 0.29) is 0 Å². The minimum Gasteiger partial charge on any atom is -0.399 e. The minimum absolute atomic E-state index is 0.488. The van der Waals surface area contributed by atoms with Gasteiger partial charge in [0.25, 0.3) is 0 Å². The molecule has 2 heteroatoms. The molecule has 1 aliphatic carbocycles. The van der Waals surface area contributed by atoms with Crippen LogP contribution in [-0.2, 0) is 11.2 Å². The molecule has 0 unspecified atom stereocenters. The van der Waals surface area contributed by atoms with Gasteiger partial charge in [-0.25, -0.2) is 0 Å². The Labute approximate surface area is 104 Å². The molecule has 1 fully saturated rings. The highest BCUT2D eigenvalue weighted by atomic mass is 16.5. The molecule has 1 saturated carbocycles. The molecule has 0 spiro atoms. The molecule has 0 aliphatic heterocycles. The molecule has 0 heterocycles. The van der Waals surface area contributed by atoms with Crippen LogP contribution in [0.3, 0.4) is 0 Å². The van der Waals surface area contributed by atoms with Crippen molar-refractivity contribution >= 4 is 5.69 Å². The van der Waals surface area contributed by atoms with Crippen LogP contribution < -0.4 is 5.73 Å². The average molecular weight is 233 g/mol. The highest BCUT2D eigenvalue weighted by Crippen LogP contribution is 2.20. The van der Waals surface area contributed by atoms with E-state index < -0.39 is 0 Å². The Morgan fingerprint density at radius 2 is 1.76 bits per heavy atom. The fraction of sp³-hybridized carbons (Fsp3) is 0.600. The second-order valence-corrected chi connectivity index (χ2v) is 4.93. The van der Waals surface area contributed by atoms with Crippen LogP contribution in [0, 0.1) is 0 Å². The van der Waals surface area contributed by atoms with E-state index in [1.165, 1.54) is 44.1 Å². The Bertz CT molecular complexity index is 329. The zero-order valence-electron chi connectivity index (χ0n) is 10.5. The lowest BCUT2D eigenvalue weighted by atomic mass is 10.1. The van der Waals surface area contributed by atoms with E-state index >= 15 is 0 Å². The van der Waals surface area contributed by atoms with E-state index in [0.717, 1.165) is 18.7 Å². The smallest absolute Gasteiger partial charge is 0.0575 e. The van der Waals surface area contributed by atoms with Crippen LogP contribution in [0.2, 0.25) is 0 Å². The Hall–Kier alpha value is -1.02. The first-order valence-corrected chi connectivity index (χ1v) is 6.81. The first kappa shape index (κ1) is 12.4. The van der Waals surface area contributed by atoms with Gasteiger partial charge in [0, 0.05) is 5.69 Å². The summed E-state index contributed by atoms with van der Waals surface area (Å²) in [4.78, 5) is 0. The van der Waals surface area contributed by atoms with Gasteiger partial charge in [0.2, 0.25) is 0 Å². The van der Waals surface area contributed by atoms with Crippen molar-refractivity contribution in [3.63, 3.8) is 0 Å². The molecule has 0 saturated heterocycles. The molecular weight excluding hydrogens is 210 g/mol. The van der Waals surface area contributed by atoms with Crippen LogP contribution in [0.1, 0.15) is 44.1 Å². The van der Waals surface area contributed by atoms with Gasteiger partial charge in [0.05, 0.1) is 12.7 Å². The van der Waals surface area contributed by atoms with Crippen molar-refractivity contribution < 1.29 is 4.74 Å². The van der Waals surface area contributed by atoms with Gasteiger partial charge >= 0.3 is 0 Å². The van der Waals surface area contributed by atoms with E-state index in [4.69, 9.17) is 10.5 Å². The zero-order chi connectivity index (χ0) is 11.9. The largest absolute Gasteiger partial charge is 0.399 e. The highest BCUT2D eigenvalue weighted by Gasteiger charge is 2.12. The van der Waals surface area contributed by atoms with E-state index in [1.807, 2.05) is 18.2 Å². The van der Waals surface area contributed by atoms with Crippen LogP contribution in [0.5, 0.6) is 0 Å². The van der Waals surface area contributed by atoms with Crippen molar-refractivity contribution in [2.75, 3.05) is 12.3 Å². The average Bonchev–Trinajstić information content (AvgIpc) is 2.60. The number of rotatable bonds is 4. The molecule has 1 aromatic rings. The number of hydrogen-bond acceptors (Lipinski definition) is 2. The Morgan fingerprint density at radius 3 is 2.47 bits per heavy atom. The van der Waals surface area contributed by atoms with Crippen LogP contribution in [0.4, 0.5) is 5.69 Å². The molecule has 0 bridgehead atoms. The fourth-order valence-electron chi connectivity index (χ4n) is 2.51. The quantitative estimate of drug-likeness (QED) is 0.637. The van der Waals surface area contributed by atoms with E-state index in [1.54, 1.807) is 0 Å². The summed E-state index contributed by atoms with van der Waals surface area (Å²) < 4.78 is 5.97. The van der Waals surface area contributed by atoms with Crippen molar-refractivity contribution in [1.29, 1.82) is 0 Å². The normalized spacial score (nSPS) is 17.9. The molecule has 1 aromatic carbocycles. The minimum atomic E-state index is 0.488. The highest BCUT2D eigenvalue weighted by molar-refractivity contribution is 5.46. The summed E-state index contributed by atoms with van der Waals surface area (Å²) in [6, 6.07) is 8.06. The second-order valence-electron chi connectivity index (χ2n) is 4.93. The number of anilines is 1. The molecule has 0 amide bonds. The van der Waals surface area contributed by atoms with Crippen LogP contribution in [0.25, 0.3) is 0 Å². The predicted octanol–water partition coefficient (Wildman–Crippen LogP) is 3.55. The summed E-state index contributed by atoms with van der Waals surface area (Å²) in [7, 11) is 0. The number of benzene rings is 1. The maximum Gasteiger partial charge on any atom is 0.0575 e. The molecule has 2 nitrogen and oxygen atoms in total. The Kier molecular flexibility index (Phi) is 4.87. The van der Waals surface area contributed by atoms with Crippen molar-refractivity contribution in [3.05, 3.63) is 29.8 Å². The van der Waals surface area contributed by atoms with Gasteiger partial charge < -0.3 is 10.5 Å². The van der Waals surface area contributed by atoms with Gasteiger partial charge in [-0.05, 0) is 30.9 Å². The van der Waals surface area contributed by atoms with Gasteiger partial charge in [-0.2, -0.15) is 0 Å². The summed E-state index contributed by atoms with van der Waals surface area (Å²) in [5.41, 5.74) is 8.00. The Balaban J connectivity index is 1.73. The number of nitrogens with two attached hydrogens (primary N) is 1. The maximum absolute atomic E-state index is 5.97. The standard InChI is InChI=1S/C15H23NO/c16-15-10-6-5-7-13(15)11-12-17-14-8-3-1-2-4-9-14/h5-7,10,14H,1-4,8-9,11-12,16H2. The lowest BCUT2D eigenvalue weighted by molar-refractivity contribution is 0.0453. The molecule has 1 aliphatic rings. The van der Waals surface area contributed by atoms with E-state index in [0.29, 0.717) is 6.10 Å². The summed E-state index contributed by atoms with van der Waals surface area (Å²) in [5, 5.41) is 0. The van der Waals surface area contributed by atoms with Gasteiger partial charge in [-0.15, -0.1) is 0 Å². The van der Waals surface area contributed by atoms with Crippen molar-refractivity contribution in [2.45, 2.75) is 51.0 Å². The third kappa shape index (κ3) is 4.04. The first-order valence-electron chi connectivity index (χ1n) is 6.81. The van der Waals surface area contributed by atoms with Crippen molar-refractivity contribution in [2.24, 2.45) is 0 Å². The molecule has 94 valence electrons. The number of ether oxygens (including phenoxy) is 1. The number of para-hydroxylation sites is 1. The van der Waals surface area contributed by atoms with Crippen LogP contribution >= 0.6 is 0 Å². The first-order chi connectivity index (χ1) is 8.36. The third-order valence-electron chi connectivity index (χ3n) is 3.58. The maximum atomic E-state index is 5.97. The Morgan fingerprint density at radius 1 is 1.06 bits per heavy atom. The summed E-state index contributed by atoms with van der Waals surface area (Å²) in [6.45, 7) is 0.804. The van der Waals surface area contributed by atoms with Crippen LogP contribution in [-0.4, -0.2) is 12.7 Å². The lowest BCUT2D eigenvalue weighted by Crippen LogP contribution is -2.14. The molecule has 0 aromatic heterocycles. The third-order valence-corrected chi connectivity index (χ3v) is 3.58. The zero-order valence-corrected chi connectivity index (χ0v) is 10.5. The summed E-state index contributed by atoms with van der Waals surface area (Å²) in [6.07, 6.45) is 9.33. The van der Waals surface area contributed by atoms with Gasteiger partial charge in [-0.3, -0.25) is 0 Å². The van der Waals surface area contributed by atoms with E-state index in [9.17, 15) is 0 Å². The lowest BCUT2D eigenvalue weighted by Gasteiger charge is -2.15. The summed E-state index contributed by atoms with van der Waals surface area (Å²) in [5.74, 6) is 0. The number of hydrogen-bond donors (Lipinski definition) is 1. The molecule has 0 atom stereocenters. The topological polar surface area (TPSA) is 35.2 Å². The van der Waals surface area contributed by atoms with Crippen molar-refractivity contribution in [1.82, 2.24) is 0 Å². The van der Waals surface area contributed by atoms with Crippen molar-refractivity contribution in [3.8, 4) is 0 Å². The fourth-order valence-corrected chi connectivity index (χ4v) is 2.51. The van der Waals surface area contributed by atoms with E-state index in [2.05, 4.69) is 6.07 Å². The predicted molar refractivity (Wildman–Crippen MR) is 72.0 cm³/mol. The number of nitrogen functional groups attached to an aromatic ring is 1. The molecule has 17 heavy (non-hydrogen) atoms. The SMILES string of the molecule is Nc1ccccc1CCOC1CCCCCC1. The summed E-state index contributed by atoms with van der Waals surface area (Å²) >= 11 is 0. The molecule has 2 rings (SSSR count). The molecular formula is C15H23NO. The monoisotopic (exact) mass is 233 g/mol. The molecule has 0 radical (unpaired) electrons. The second kappa shape index (κ2) is 6.65.